The van der Waals surface area contributed by atoms with Crippen LogP contribution in [0.3, 0.4) is 0 Å². The van der Waals surface area contributed by atoms with Crippen LogP contribution < -0.4 is 5.32 Å². The third-order valence-corrected chi connectivity index (χ3v) is 5.40. The van der Waals surface area contributed by atoms with Crippen LogP contribution in [0.4, 0.5) is 4.39 Å². The van der Waals surface area contributed by atoms with Gasteiger partial charge in [-0.2, -0.15) is 0 Å². The van der Waals surface area contributed by atoms with Crippen LogP contribution in [0.1, 0.15) is 46.5 Å². The van der Waals surface area contributed by atoms with Gasteiger partial charge in [-0.1, -0.05) is 26.8 Å². The van der Waals surface area contributed by atoms with Crippen molar-refractivity contribution < 1.29 is 4.39 Å². The molecule has 1 fully saturated rings. The van der Waals surface area contributed by atoms with Gasteiger partial charge in [0, 0.05) is 16.2 Å². The van der Waals surface area contributed by atoms with E-state index >= 15 is 0 Å². The molecule has 0 aliphatic heterocycles. The first-order valence-corrected chi connectivity index (χ1v) is 8.54. The number of hydrogen-bond donors (Lipinski definition) is 1. The van der Waals surface area contributed by atoms with Crippen molar-refractivity contribution in [3.05, 3.63) is 30.1 Å². The summed E-state index contributed by atoms with van der Waals surface area (Å²) in [7, 11) is 0. The molecule has 1 aromatic carbocycles. The zero-order chi connectivity index (χ0) is 14.6. The fraction of sp³-hybridized carbons (Fsp3) is 0.647. The van der Waals surface area contributed by atoms with E-state index in [2.05, 4.69) is 26.1 Å². The molecule has 0 spiro atoms. The van der Waals surface area contributed by atoms with Gasteiger partial charge in [-0.05, 0) is 55.8 Å². The van der Waals surface area contributed by atoms with Crippen molar-refractivity contribution in [3.63, 3.8) is 0 Å². The normalized spacial score (nSPS) is 25.6. The van der Waals surface area contributed by atoms with Gasteiger partial charge in [-0.25, -0.2) is 4.39 Å². The van der Waals surface area contributed by atoms with Gasteiger partial charge in [0.2, 0.25) is 0 Å². The monoisotopic (exact) mass is 295 g/mol. The fourth-order valence-corrected chi connectivity index (χ4v) is 4.54. The number of nitrogens with one attached hydrogen (secondary N) is 1. The maximum absolute atomic E-state index is 13.3. The molecule has 1 aromatic rings. The molecule has 2 unspecified atom stereocenters. The van der Waals surface area contributed by atoms with Crippen molar-refractivity contribution in [3.8, 4) is 0 Å². The molecule has 0 heterocycles. The summed E-state index contributed by atoms with van der Waals surface area (Å²) < 4.78 is 13.3. The third-order valence-electron chi connectivity index (χ3n) is 4.07. The van der Waals surface area contributed by atoms with Crippen LogP contribution in [0, 0.1) is 11.2 Å². The van der Waals surface area contributed by atoms with Gasteiger partial charge in [0.05, 0.1) is 0 Å². The first kappa shape index (κ1) is 15.8. The zero-order valence-corrected chi connectivity index (χ0v) is 13.6. The molecule has 2 atom stereocenters. The van der Waals surface area contributed by atoms with E-state index in [1.165, 1.54) is 25.3 Å². The smallest absolute Gasteiger partial charge is 0.124 e. The molecule has 0 bridgehead atoms. The van der Waals surface area contributed by atoms with E-state index in [-0.39, 0.29) is 5.82 Å². The lowest BCUT2D eigenvalue weighted by molar-refractivity contribution is 0.214. The molecule has 1 N–H and O–H groups in total. The van der Waals surface area contributed by atoms with Crippen LogP contribution in [0.2, 0.25) is 0 Å². The van der Waals surface area contributed by atoms with Gasteiger partial charge in [-0.3, -0.25) is 0 Å². The minimum atomic E-state index is -0.136. The van der Waals surface area contributed by atoms with Crippen LogP contribution in [0.25, 0.3) is 0 Å². The second-order valence-corrected chi connectivity index (χ2v) is 7.89. The fourth-order valence-electron chi connectivity index (χ4n) is 2.92. The Kier molecular flexibility index (Phi) is 5.50. The van der Waals surface area contributed by atoms with Crippen molar-refractivity contribution >= 4 is 11.8 Å². The van der Waals surface area contributed by atoms with Crippen LogP contribution in [0.5, 0.6) is 0 Å². The van der Waals surface area contributed by atoms with E-state index in [1.807, 2.05) is 17.8 Å². The summed E-state index contributed by atoms with van der Waals surface area (Å²) >= 11 is 1.84. The Balaban J connectivity index is 2.06. The molecule has 0 aromatic heterocycles. The maximum Gasteiger partial charge on any atom is 0.124 e. The lowest BCUT2D eigenvalue weighted by Gasteiger charge is -2.41. The SMILES string of the molecule is CCCNC1CCC(C)(C)CC1Sc1cccc(F)c1. The van der Waals surface area contributed by atoms with Crippen molar-refractivity contribution in [1.29, 1.82) is 0 Å². The Bertz CT molecular complexity index is 433. The number of halogens is 1. The number of hydrogen-bond acceptors (Lipinski definition) is 2. The van der Waals surface area contributed by atoms with Gasteiger partial charge in [0.1, 0.15) is 5.82 Å². The van der Waals surface area contributed by atoms with Gasteiger partial charge >= 0.3 is 0 Å². The van der Waals surface area contributed by atoms with Crippen LogP contribution in [0.15, 0.2) is 29.2 Å². The Morgan fingerprint density at radius 3 is 2.90 bits per heavy atom. The first-order chi connectivity index (χ1) is 9.50. The van der Waals surface area contributed by atoms with E-state index in [1.54, 1.807) is 12.1 Å². The molecule has 3 heteroatoms. The van der Waals surface area contributed by atoms with Crippen molar-refractivity contribution in [1.82, 2.24) is 5.32 Å². The Morgan fingerprint density at radius 1 is 1.40 bits per heavy atom. The molecule has 0 radical (unpaired) electrons. The maximum atomic E-state index is 13.3. The topological polar surface area (TPSA) is 12.0 Å². The average molecular weight is 295 g/mol. The predicted molar refractivity (Wildman–Crippen MR) is 85.8 cm³/mol. The number of benzene rings is 1. The molecule has 20 heavy (non-hydrogen) atoms. The lowest BCUT2D eigenvalue weighted by Crippen LogP contribution is -2.45. The summed E-state index contributed by atoms with van der Waals surface area (Å²) in [6.45, 7) is 7.98. The highest BCUT2D eigenvalue weighted by molar-refractivity contribution is 8.00. The van der Waals surface area contributed by atoms with E-state index in [0.29, 0.717) is 16.7 Å². The molecule has 1 nitrogen and oxygen atoms in total. The number of rotatable bonds is 5. The molecular weight excluding hydrogens is 269 g/mol. The van der Waals surface area contributed by atoms with Crippen LogP contribution in [-0.4, -0.2) is 17.8 Å². The molecule has 0 saturated heterocycles. The highest BCUT2D eigenvalue weighted by Crippen LogP contribution is 2.42. The van der Waals surface area contributed by atoms with Crippen molar-refractivity contribution in [2.75, 3.05) is 6.54 Å². The van der Waals surface area contributed by atoms with Crippen LogP contribution in [-0.2, 0) is 0 Å². The summed E-state index contributed by atoms with van der Waals surface area (Å²) in [6.07, 6.45) is 4.85. The minimum Gasteiger partial charge on any atom is -0.313 e. The molecule has 0 amide bonds. The predicted octanol–water partition coefficient (Wildman–Crippen LogP) is 4.86. The van der Waals surface area contributed by atoms with E-state index < -0.39 is 0 Å². The van der Waals surface area contributed by atoms with E-state index in [9.17, 15) is 4.39 Å². The molecule has 1 aliphatic rings. The van der Waals surface area contributed by atoms with Gasteiger partial charge < -0.3 is 5.32 Å². The molecule has 2 rings (SSSR count). The second-order valence-electron chi connectivity index (χ2n) is 6.58. The quantitative estimate of drug-likeness (QED) is 0.832. The van der Waals surface area contributed by atoms with Crippen LogP contribution >= 0.6 is 11.8 Å². The highest BCUT2D eigenvalue weighted by atomic mass is 32.2. The average Bonchev–Trinajstić information content (AvgIpc) is 2.37. The Morgan fingerprint density at radius 2 is 2.20 bits per heavy atom. The Hall–Kier alpha value is -0.540. The zero-order valence-electron chi connectivity index (χ0n) is 12.8. The summed E-state index contributed by atoms with van der Waals surface area (Å²) in [5.74, 6) is -0.136. The highest BCUT2D eigenvalue weighted by Gasteiger charge is 2.35. The lowest BCUT2D eigenvalue weighted by atomic mass is 9.75. The van der Waals surface area contributed by atoms with Crippen molar-refractivity contribution in [2.45, 2.75) is 62.6 Å². The minimum absolute atomic E-state index is 0.136. The molecule has 1 aliphatic carbocycles. The molecule has 1 saturated carbocycles. The molecule has 112 valence electrons. The summed E-state index contributed by atoms with van der Waals surface area (Å²) in [6, 6.07) is 7.55. The Labute approximate surface area is 126 Å². The largest absolute Gasteiger partial charge is 0.313 e. The van der Waals surface area contributed by atoms with E-state index in [4.69, 9.17) is 0 Å². The summed E-state index contributed by atoms with van der Waals surface area (Å²) in [4.78, 5) is 1.05. The van der Waals surface area contributed by atoms with Gasteiger partial charge in [0.15, 0.2) is 0 Å². The van der Waals surface area contributed by atoms with Crippen molar-refractivity contribution in [2.24, 2.45) is 5.41 Å². The summed E-state index contributed by atoms with van der Waals surface area (Å²) in [5, 5.41) is 4.21. The van der Waals surface area contributed by atoms with Gasteiger partial charge in [0.25, 0.3) is 0 Å². The number of thioether (sulfide) groups is 1. The second kappa shape index (κ2) is 6.95. The van der Waals surface area contributed by atoms with E-state index in [0.717, 1.165) is 17.9 Å². The third kappa shape index (κ3) is 4.49. The first-order valence-electron chi connectivity index (χ1n) is 7.66. The summed E-state index contributed by atoms with van der Waals surface area (Å²) in [5.41, 5.74) is 0.398. The van der Waals surface area contributed by atoms with Gasteiger partial charge in [-0.15, -0.1) is 11.8 Å². The molecular formula is C17H26FNS. The standard InChI is InChI=1S/C17H26FNS/c1-4-10-19-15-8-9-17(2,3)12-16(15)20-14-7-5-6-13(18)11-14/h5-7,11,15-16,19H,4,8-10,12H2,1-3H3.